The van der Waals surface area contributed by atoms with Crippen LogP contribution in [-0.2, 0) is 0 Å². The van der Waals surface area contributed by atoms with E-state index in [9.17, 15) is 8.22 Å². The number of furan rings is 1. The van der Waals surface area contributed by atoms with Crippen molar-refractivity contribution in [3.63, 3.8) is 0 Å². The Labute approximate surface area is 284 Å². The van der Waals surface area contributed by atoms with Crippen molar-refractivity contribution in [2.45, 2.75) is 0 Å². The Balaban J connectivity index is 1.57. The van der Waals surface area contributed by atoms with Gasteiger partial charge in [0.15, 0.2) is 0 Å². The summed E-state index contributed by atoms with van der Waals surface area (Å²) >= 11 is 0. The third-order valence-corrected chi connectivity index (χ3v) is 7.94. The average Bonchev–Trinajstić information content (AvgIpc) is 3.64. The van der Waals surface area contributed by atoms with Crippen molar-refractivity contribution in [2.75, 3.05) is 0 Å². The monoisotopic (exact) mass is 588 g/mol. The fraction of sp³-hybridized carbons (Fsp3) is 0. The van der Waals surface area contributed by atoms with Gasteiger partial charge in [-0.15, -0.1) is 0 Å². The van der Waals surface area contributed by atoms with Gasteiger partial charge in [-0.25, -0.2) is 0 Å². The van der Waals surface area contributed by atoms with E-state index in [1.807, 2.05) is 0 Å². The number of hydrogen-bond acceptors (Lipinski definition) is 1. The molecule has 0 aliphatic heterocycles. The first kappa shape index (κ1) is 14.2. The second kappa shape index (κ2) is 10.4. The van der Waals surface area contributed by atoms with E-state index in [1.54, 1.807) is 54.6 Å². The smallest absolute Gasteiger partial charge is 0.143 e. The van der Waals surface area contributed by atoms with Crippen molar-refractivity contribution < 1.29 is 26.3 Å². The lowest BCUT2D eigenvalue weighted by atomic mass is 9.84. The summed E-state index contributed by atoms with van der Waals surface area (Å²) in [5, 5.41) is -0.191. The SMILES string of the molecule is [2H]c1cc([2H])c(-c2c3c([2H])c([2H])c([2H])c([2H])c3c(-c3ccc(-c4c([2H])c([2H])c([2H])c([2H])c4[2H])c4oc5ccccc5c34)c3c([2H])c([2H])c([2H])c([2H])c23)c([2H])c1-c1ccccc1. The molecule has 0 N–H and O–H groups in total. The summed E-state index contributed by atoms with van der Waals surface area (Å²) in [4.78, 5) is 0. The molecule has 1 heterocycles. The molecule has 9 aromatic rings. The Morgan fingerprint density at radius 1 is 0.400 bits per heavy atom. The van der Waals surface area contributed by atoms with E-state index >= 15 is 0 Å². The molecule has 1 nitrogen and oxygen atoms in total. The number of para-hydroxylation sites is 1. The van der Waals surface area contributed by atoms with Crippen molar-refractivity contribution in [3.8, 4) is 44.5 Å². The van der Waals surface area contributed by atoms with Crippen LogP contribution in [0.15, 0.2) is 174 Å². The molecule has 9 rings (SSSR count). The Morgan fingerprint density at radius 3 is 1.73 bits per heavy atom. The van der Waals surface area contributed by atoms with Gasteiger partial charge in [-0.1, -0.05) is 151 Å². The molecule has 0 fully saturated rings. The van der Waals surface area contributed by atoms with Crippen molar-refractivity contribution >= 4 is 43.5 Å². The van der Waals surface area contributed by atoms with E-state index in [0.717, 1.165) is 0 Å². The standard InChI is InChI=1S/C44H28O/c1-3-14-29(15-4-1)31-18-13-19-32(28-31)41-34-20-7-9-22-36(34)42(37-23-10-8-21-35(37)41)39-27-26-33(30-16-5-2-6-17-30)44-43(39)38-24-11-12-25-40(38)45-44/h1-28H/i2D,5D,6D,7D,8D,9D,10D,16D,17D,18D,19D,20D,21D,22D,23D,28D. The number of hydrogen-bond donors (Lipinski definition) is 0. The Hall–Kier alpha value is -5.92. The van der Waals surface area contributed by atoms with Gasteiger partial charge < -0.3 is 4.42 Å². The maximum atomic E-state index is 9.57. The van der Waals surface area contributed by atoms with Crippen molar-refractivity contribution in [1.82, 2.24) is 0 Å². The number of fused-ring (bicyclic) bond motifs is 5. The molecule has 8 aromatic carbocycles. The molecule has 1 heteroatoms. The van der Waals surface area contributed by atoms with E-state index in [-0.39, 0.29) is 83.5 Å². The van der Waals surface area contributed by atoms with Gasteiger partial charge in [0.25, 0.3) is 0 Å². The average molecular weight is 589 g/mol. The lowest BCUT2D eigenvalue weighted by Crippen LogP contribution is -1.92. The molecule has 1 aromatic heterocycles. The second-order valence-electron chi connectivity index (χ2n) is 10.4. The summed E-state index contributed by atoms with van der Waals surface area (Å²) in [7, 11) is 0. The molecule has 0 saturated heterocycles. The first-order valence-corrected chi connectivity index (χ1v) is 14.1. The molecule has 0 spiro atoms. The Kier molecular flexibility index (Phi) is 3.28. The predicted molar refractivity (Wildman–Crippen MR) is 190 cm³/mol. The van der Waals surface area contributed by atoms with E-state index in [1.165, 1.54) is 18.2 Å². The normalized spacial score (nSPS) is 16.5. The highest BCUT2D eigenvalue weighted by Gasteiger charge is 2.22. The molecular formula is C44H28O. The highest BCUT2D eigenvalue weighted by molar-refractivity contribution is 6.26. The summed E-state index contributed by atoms with van der Waals surface area (Å²) in [6.45, 7) is 0. The van der Waals surface area contributed by atoms with Crippen LogP contribution in [0.25, 0.3) is 88.0 Å². The van der Waals surface area contributed by atoms with Crippen molar-refractivity contribution in [2.24, 2.45) is 0 Å². The minimum atomic E-state index is -0.682. The van der Waals surface area contributed by atoms with E-state index in [4.69, 9.17) is 18.1 Å². The zero-order valence-electron chi connectivity index (χ0n) is 39.3. The first-order valence-electron chi connectivity index (χ1n) is 22.1. The largest absolute Gasteiger partial charge is 0.455 e. The minimum Gasteiger partial charge on any atom is -0.455 e. The van der Waals surface area contributed by atoms with Crippen LogP contribution in [0, 0.1) is 0 Å². The molecule has 0 aliphatic rings. The summed E-state index contributed by atoms with van der Waals surface area (Å²) < 4.78 is 150. The van der Waals surface area contributed by atoms with E-state index < -0.39 is 84.6 Å². The molecular weight excluding hydrogens is 544 g/mol. The third-order valence-electron chi connectivity index (χ3n) is 7.94. The molecule has 0 atom stereocenters. The maximum absolute atomic E-state index is 9.57. The summed E-state index contributed by atoms with van der Waals surface area (Å²) in [5.41, 5.74) is 0.460. The van der Waals surface area contributed by atoms with Crippen LogP contribution in [-0.4, -0.2) is 0 Å². The second-order valence-corrected chi connectivity index (χ2v) is 10.4. The molecule has 0 bridgehead atoms. The maximum Gasteiger partial charge on any atom is 0.143 e. The van der Waals surface area contributed by atoms with E-state index in [2.05, 4.69) is 0 Å². The lowest BCUT2D eigenvalue weighted by molar-refractivity contribution is 0.670. The summed E-state index contributed by atoms with van der Waals surface area (Å²) in [5.74, 6) is 0. The molecule has 0 aliphatic carbocycles. The Bertz CT molecular complexity index is 3320. The van der Waals surface area contributed by atoms with Crippen LogP contribution >= 0.6 is 0 Å². The fourth-order valence-electron chi connectivity index (χ4n) is 6.03. The van der Waals surface area contributed by atoms with Gasteiger partial charge in [-0.2, -0.15) is 0 Å². The summed E-state index contributed by atoms with van der Waals surface area (Å²) in [6.07, 6.45) is 0. The van der Waals surface area contributed by atoms with Gasteiger partial charge in [0, 0.05) is 16.3 Å². The molecule has 210 valence electrons. The topological polar surface area (TPSA) is 13.1 Å². The van der Waals surface area contributed by atoms with Crippen molar-refractivity contribution in [1.29, 1.82) is 0 Å². The zero-order chi connectivity index (χ0) is 43.7. The Morgan fingerprint density at radius 2 is 1.00 bits per heavy atom. The third kappa shape index (κ3) is 4.09. The molecule has 0 amide bonds. The number of benzene rings is 8. The van der Waals surface area contributed by atoms with Crippen LogP contribution in [0.2, 0.25) is 0 Å². The van der Waals surface area contributed by atoms with Gasteiger partial charge in [-0.3, -0.25) is 0 Å². The van der Waals surface area contributed by atoms with Gasteiger partial charge in [0.2, 0.25) is 0 Å². The highest BCUT2D eigenvalue weighted by atomic mass is 16.3. The molecule has 0 radical (unpaired) electrons. The summed E-state index contributed by atoms with van der Waals surface area (Å²) in [6, 6.07) is 10.6. The van der Waals surface area contributed by atoms with Gasteiger partial charge in [-0.05, 0) is 78.7 Å². The van der Waals surface area contributed by atoms with Crippen molar-refractivity contribution in [3.05, 3.63) is 169 Å². The minimum absolute atomic E-state index is 0.0321. The van der Waals surface area contributed by atoms with Gasteiger partial charge in [0.05, 0.1) is 21.9 Å². The molecule has 45 heavy (non-hydrogen) atoms. The first-order chi connectivity index (χ1) is 29.0. The van der Waals surface area contributed by atoms with Crippen LogP contribution < -0.4 is 0 Å². The van der Waals surface area contributed by atoms with E-state index in [0.29, 0.717) is 16.5 Å². The predicted octanol–water partition coefficient (Wildman–Crippen LogP) is 12.6. The lowest BCUT2D eigenvalue weighted by Gasteiger charge is -2.19. The van der Waals surface area contributed by atoms with Crippen LogP contribution in [0.3, 0.4) is 0 Å². The highest BCUT2D eigenvalue weighted by Crippen LogP contribution is 2.48. The molecule has 0 saturated carbocycles. The fourth-order valence-corrected chi connectivity index (χ4v) is 6.03. The van der Waals surface area contributed by atoms with Crippen LogP contribution in [0.4, 0.5) is 0 Å². The van der Waals surface area contributed by atoms with Crippen LogP contribution in [0.5, 0.6) is 0 Å². The van der Waals surface area contributed by atoms with Gasteiger partial charge in [0.1, 0.15) is 11.2 Å². The van der Waals surface area contributed by atoms with Crippen LogP contribution in [0.1, 0.15) is 21.9 Å². The molecule has 0 unspecified atom stereocenters. The quantitative estimate of drug-likeness (QED) is 0.186. The van der Waals surface area contributed by atoms with Gasteiger partial charge >= 0.3 is 0 Å². The zero-order valence-corrected chi connectivity index (χ0v) is 23.3. The number of rotatable bonds is 4.